The molecule has 0 aliphatic rings. The van der Waals surface area contributed by atoms with Crippen LogP contribution in [0.3, 0.4) is 0 Å². The molecule has 0 atom stereocenters. The van der Waals surface area contributed by atoms with Gasteiger partial charge in [-0.05, 0) is 64.5 Å². The van der Waals surface area contributed by atoms with Crippen molar-refractivity contribution < 1.29 is 9.53 Å². The first-order chi connectivity index (χ1) is 15.0. The number of nitrogens with one attached hydrogen (secondary N) is 1. The Morgan fingerprint density at radius 2 is 1.87 bits per heavy atom. The molecule has 7 heteroatoms. The number of nitrogens with zero attached hydrogens (tertiary/aromatic N) is 2. The average Bonchev–Trinajstić information content (AvgIpc) is 3.33. The maximum Gasteiger partial charge on any atom is 0.266 e. The third kappa shape index (κ3) is 5.62. The number of carbonyl (C=O) groups is 1. The normalized spacial score (nSPS) is 10.8. The van der Waals surface area contributed by atoms with Crippen molar-refractivity contribution in [3.05, 3.63) is 97.8 Å². The molecule has 4 rings (SSSR count). The van der Waals surface area contributed by atoms with Crippen LogP contribution in [0.15, 0.2) is 70.6 Å². The van der Waals surface area contributed by atoms with Crippen LogP contribution in [0.4, 0.5) is 5.82 Å². The topological polar surface area (TPSA) is 56.2 Å². The molecule has 0 radical (unpaired) electrons. The van der Waals surface area contributed by atoms with Gasteiger partial charge in [0.1, 0.15) is 12.4 Å². The van der Waals surface area contributed by atoms with E-state index in [4.69, 9.17) is 4.74 Å². The van der Waals surface area contributed by atoms with E-state index in [-0.39, 0.29) is 5.91 Å². The predicted molar refractivity (Wildman–Crippen MR) is 128 cm³/mol. The van der Waals surface area contributed by atoms with E-state index >= 15 is 0 Å². The Morgan fingerprint density at radius 1 is 1.10 bits per heavy atom. The summed E-state index contributed by atoms with van der Waals surface area (Å²) in [5.41, 5.74) is 4.47. The van der Waals surface area contributed by atoms with Gasteiger partial charge >= 0.3 is 0 Å². The van der Waals surface area contributed by atoms with Gasteiger partial charge in [0, 0.05) is 11.8 Å². The standard InChI is InChI=1S/C24H22BrN3O2S/c1-16-5-3-7-18(9-16)12-28-13-21(25)23(27-28)26-24(29)22-11-19(15-31-22)14-30-20-8-4-6-17(2)10-20/h3-11,13,15H,12,14H2,1-2H3,(H,26,27,29). The van der Waals surface area contributed by atoms with E-state index in [0.29, 0.717) is 23.8 Å². The number of rotatable bonds is 7. The van der Waals surface area contributed by atoms with E-state index in [9.17, 15) is 4.79 Å². The molecule has 0 saturated carbocycles. The second-order valence-corrected chi connectivity index (χ2v) is 9.16. The summed E-state index contributed by atoms with van der Waals surface area (Å²) in [5, 5.41) is 9.34. The largest absolute Gasteiger partial charge is 0.489 e. The van der Waals surface area contributed by atoms with Crippen LogP contribution in [0, 0.1) is 13.8 Å². The van der Waals surface area contributed by atoms with Gasteiger partial charge in [-0.2, -0.15) is 5.10 Å². The molecule has 158 valence electrons. The fourth-order valence-electron chi connectivity index (χ4n) is 3.17. The molecule has 0 saturated heterocycles. The lowest BCUT2D eigenvalue weighted by Crippen LogP contribution is -2.11. The minimum atomic E-state index is -0.187. The molecule has 0 aliphatic heterocycles. The Morgan fingerprint density at radius 3 is 2.65 bits per heavy atom. The zero-order valence-electron chi connectivity index (χ0n) is 17.3. The minimum Gasteiger partial charge on any atom is -0.489 e. The average molecular weight is 496 g/mol. The van der Waals surface area contributed by atoms with Crippen molar-refractivity contribution in [3.8, 4) is 5.75 Å². The lowest BCUT2D eigenvalue weighted by atomic mass is 10.1. The molecule has 2 heterocycles. The van der Waals surface area contributed by atoms with Crippen LogP contribution in [0.2, 0.25) is 0 Å². The monoisotopic (exact) mass is 495 g/mol. The second-order valence-electron chi connectivity index (χ2n) is 7.39. The number of anilines is 1. The van der Waals surface area contributed by atoms with Gasteiger partial charge < -0.3 is 10.1 Å². The summed E-state index contributed by atoms with van der Waals surface area (Å²) in [7, 11) is 0. The summed E-state index contributed by atoms with van der Waals surface area (Å²) in [5.74, 6) is 1.14. The van der Waals surface area contributed by atoms with Crippen LogP contribution in [0.5, 0.6) is 5.75 Å². The van der Waals surface area contributed by atoms with Crippen molar-refractivity contribution >= 4 is 39.0 Å². The molecule has 31 heavy (non-hydrogen) atoms. The lowest BCUT2D eigenvalue weighted by molar-refractivity contribution is 0.103. The first-order valence-corrected chi connectivity index (χ1v) is 11.5. The summed E-state index contributed by atoms with van der Waals surface area (Å²) in [4.78, 5) is 13.3. The fraction of sp³-hybridized carbons (Fsp3) is 0.167. The van der Waals surface area contributed by atoms with E-state index in [2.05, 4.69) is 51.5 Å². The van der Waals surface area contributed by atoms with Crippen LogP contribution in [0.25, 0.3) is 0 Å². The van der Waals surface area contributed by atoms with Crippen LogP contribution < -0.4 is 10.1 Å². The van der Waals surface area contributed by atoms with Crippen molar-refractivity contribution in [2.75, 3.05) is 5.32 Å². The number of aromatic nitrogens is 2. The Bertz CT molecular complexity index is 1220. The molecule has 0 unspecified atom stereocenters. The van der Waals surface area contributed by atoms with Gasteiger partial charge in [0.2, 0.25) is 0 Å². The Labute approximate surface area is 193 Å². The minimum absolute atomic E-state index is 0.187. The first kappa shape index (κ1) is 21.3. The number of thiophene rings is 1. The maximum atomic E-state index is 12.7. The van der Waals surface area contributed by atoms with Gasteiger partial charge in [-0.3, -0.25) is 9.48 Å². The highest BCUT2D eigenvalue weighted by Crippen LogP contribution is 2.24. The molecule has 5 nitrogen and oxygen atoms in total. The highest BCUT2D eigenvalue weighted by molar-refractivity contribution is 9.10. The van der Waals surface area contributed by atoms with E-state index in [1.807, 2.05) is 59.6 Å². The molecule has 0 fully saturated rings. The number of amides is 1. The van der Waals surface area contributed by atoms with Crippen LogP contribution >= 0.6 is 27.3 Å². The molecule has 0 bridgehead atoms. The van der Waals surface area contributed by atoms with Crippen molar-refractivity contribution in [2.24, 2.45) is 0 Å². The van der Waals surface area contributed by atoms with Crippen molar-refractivity contribution in [3.63, 3.8) is 0 Å². The summed E-state index contributed by atoms with van der Waals surface area (Å²) >= 11 is 4.88. The van der Waals surface area contributed by atoms with Gasteiger partial charge in [0.25, 0.3) is 5.91 Å². The van der Waals surface area contributed by atoms with Crippen LogP contribution in [0.1, 0.15) is 31.9 Å². The van der Waals surface area contributed by atoms with Crippen LogP contribution in [-0.2, 0) is 13.2 Å². The van der Waals surface area contributed by atoms with Crippen LogP contribution in [-0.4, -0.2) is 15.7 Å². The molecular weight excluding hydrogens is 474 g/mol. The smallest absolute Gasteiger partial charge is 0.266 e. The Kier molecular flexibility index (Phi) is 6.53. The number of aryl methyl sites for hydroxylation is 2. The van der Waals surface area contributed by atoms with E-state index < -0.39 is 0 Å². The van der Waals surface area contributed by atoms with Crippen molar-refractivity contribution in [1.29, 1.82) is 0 Å². The van der Waals surface area contributed by atoms with Gasteiger partial charge in [0.05, 0.1) is 15.9 Å². The molecule has 0 aliphatic carbocycles. The quantitative estimate of drug-likeness (QED) is 0.331. The van der Waals surface area contributed by atoms with Gasteiger partial charge in [0.15, 0.2) is 5.82 Å². The number of ether oxygens (including phenoxy) is 1. The molecule has 4 aromatic rings. The number of halogens is 1. The second kappa shape index (κ2) is 9.49. The predicted octanol–water partition coefficient (Wildman–Crippen LogP) is 6.20. The van der Waals surface area contributed by atoms with Gasteiger partial charge in [-0.25, -0.2) is 0 Å². The number of hydrogen-bond donors (Lipinski definition) is 1. The molecule has 1 amide bonds. The number of hydrogen-bond acceptors (Lipinski definition) is 4. The molecule has 2 aromatic heterocycles. The highest BCUT2D eigenvalue weighted by atomic mass is 79.9. The van der Waals surface area contributed by atoms with E-state index in [0.717, 1.165) is 26.9 Å². The zero-order chi connectivity index (χ0) is 21.8. The number of carbonyl (C=O) groups excluding carboxylic acids is 1. The third-order valence-electron chi connectivity index (χ3n) is 4.65. The summed E-state index contributed by atoms with van der Waals surface area (Å²) in [6.07, 6.45) is 1.87. The summed E-state index contributed by atoms with van der Waals surface area (Å²) < 4.78 is 8.38. The third-order valence-corrected chi connectivity index (χ3v) is 6.21. The van der Waals surface area contributed by atoms with Gasteiger partial charge in [-0.1, -0.05) is 42.0 Å². The van der Waals surface area contributed by atoms with Crippen molar-refractivity contribution in [2.45, 2.75) is 27.0 Å². The van der Waals surface area contributed by atoms with E-state index in [1.165, 1.54) is 16.9 Å². The number of benzene rings is 2. The molecule has 2 aromatic carbocycles. The molecular formula is C24H22BrN3O2S. The highest BCUT2D eigenvalue weighted by Gasteiger charge is 2.14. The lowest BCUT2D eigenvalue weighted by Gasteiger charge is -2.05. The Hall–Kier alpha value is -2.90. The molecule has 0 spiro atoms. The summed E-state index contributed by atoms with van der Waals surface area (Å²) in [6.45, 7) is 5.15. The SMILES string of the molecule is Cc1cccc(Cn2cc(Br)c(NC(=O)c3cc(COc4cccc(C)c4)cs3)n2)c1. The maximum absolute atomic E-state index is 12.7. The van der Waals surface area contributed by atoms with E-state index in [1.54, 1.807) is 0 Å². The van der Waals surface area contributed by atoms with Crippen molar-refractivity contribution in [1.82, 2.24) is 9.78 Å². The zero-order valence-corrected chi connectivity index (χ0v) is 19.7. The first-order valence-electron chi connectivity index (χ1n) is 9.83. The molecule has 1 N–H and O–H groups in total. The Balaban J connectivity index is 1.38. The fourth-order valence-corrected chi connectivity index (χ4v) is 4.38. The summed E-state index contributed by atoms with van der Waals surface area (Å²) in [6, 6.07) is 18.0. The van der Waals surface area contributed by atoms with Gasteiger partial charge in [-0.15, -0.1) is 11.3 Å².